The van der Waals surface area contributed by atoms with Crippen molar-refractivity contribution in [2.75, 3.05) is 5.32 Å². The largest absolute Gasteiger partial charge is 0.389 e. The average Bonchev–Trinajstić information content (AvgIpc) is 2.34. The van der Waals surface area contributed by atoms with Crippen molar-refractivity contribution in [3.8, 4) is 0 Å². The highest BCUT2D eigenvalue weighted by molar-refractivity contribution is 7.80. The Kier molecular flexibility index (Phi) is 3.79. The van der Waals surface area contributed by atoms with E-state index in [1.54, 1.807) is 6.20 Å². The maximum absolute atomic E-state index is 6.13. The molecule has 0 saturated carbocycles. The monoisotopic (exact) mass is 277 g/mol. The molecule has 0 bridgehead atoms. The van der Waals surface area contributed by atoms with Crippen LogP contribution in [0, 0.1) is 6.92 Å². The SMILES string of the molecule is Cc1cccc(Cl)c1Nc1ccc(C(N)=S)cn1. The number of halogens is 1. The maximum Gasteiger partial charge on any atom is 0.130 e. The Morgan fingerprint density at radius 1 is 1.33 bits per heavy atom. The zero-order valence-electron chi connectivity index (χ0n) is 9.77. The molecule has 0 saturated heterocycles. The number of benzene rings is 1. The van der Waals surface area contributed by atoms with Gasteiger partial charge in [-0.3, -0.25) is 0 Å². The summed E-state index contributed by atoms with van der Waals surface area (Å²) in [5, 5.41) is 3.84. The predicted molar refractivity (Wildman–Crippen MR) is 79.6 cm³/mol. The lowest BCUT2D eigenvalue weighted by Gasteiger charge is -2.10. The second kappa shape index (κ2) is 5.33. The van der Waals surface area contributed by atoms with Gasteiger partial charge >= 0.3 is 0 Å². The minimum absolute atomic E-state index is 0.336. The quantitative estimate of drug-likeness (QED) is 0.844. The van der Waals surface area contributed by atoms with E-state index in [1.807, 2.05) is 37.3 Å². The molecule has 92 valence electrons. The molecule has 0 aliphatic heterocycles. The zero-order valence-corrected chi connectivity index (χ0v) is 11.3. The number of aryl methyl sites for hydroxylation is 1. The van der Waals surface area contributed by atoms with E-state index in [4.69, 9.17) is 29.6 Å². The lowest BCUT2D eigenvalue weighted by atomic mass is 10.2. The number of rotatable bonds is 3. The molecule has 18 heavy (non-hydrogen) atoms. The van der Waals surface area contributed by atoms with Crippen LogP contribution in [-0.4, -0.2) is 9.97 Å². The van der Waals surface area contributed by atoms with E-state index in [9.17, 15) is 0 Å². The third kappa shape index (κ3) is 2.78. The molecule has 0 amide bonds. The fraction of sp³-hybridized carbons (Fsp3) is 0.0769. The molecular weight excluding hydrogens is 266 g/mol. The molecular formula is C13H12ClN3S. The van der Waals surface area contributed by atoms with Gasteiger partial charge in [0.2, 0.25) is 0 Å². The van der Waals surface area contributed by atoms with Crippen molar-refractivity contribution in [3.05, 3.63) is 52.7 Å². The number of para-hydroxylation sites is 1. The van der Waals surface area contributed by atoms with Gasteiger partial charge in [0, 0.05) is 11.8 Å². The minimum Gasteiger partial charge on any atom is -0.389 e. The Balaban J connectivity index is 2.26. The molecule has 3 N–H and O–H groups in total. The van der Waals surface area contributed by atoms with Crippen LogP contribution in [0.2, 0.25) is 5.02 Å². The van der Waals surface area contributed by atoms with Crippen molar-refractivity contribution in [1.29, 1.82) is 0 Å². The first-order chi connectivity index (χ1) is 8.58. The Morgan fingerprint density at radius 3 is 2.67 bits per heavy atom. The lowest BCUT2D eigenvalue weighted by Crippen LogP contribution is -2.09. The Bertz CT molecular complexity index is 561. The van der Waals surface area contributed by atoms with E-state index < -0.39 is 0 Å². The minimum atomic E-state index is 0.336. The normalized spacial score (nSPS) is 10.1. The Labute approximate surface area is 116 Å². The highest BCUT2D eigenvalue weighted by atomic mass is 35.5. The van der Waals surface area contributed by atoms with Crippen LogP contribution < -0.4 is 11.1 Å². The van der Waals surface area contributed by atoms with Crippen LogP contribution in [0.15, 0.2) is 36.5 Å². The highest BCUT2D eigenvalue weighted by Gasteiger charge is 2.05. The summed E-state index contributed by atoms with van der Waals surface area (Å²) in [7, 11) is 0. The van der Waals surface area contributed by atoms with E-state index in [0.29, 0.717) is 15.8 Å². The van der Waals surface area contributed by atoms with Crippen LogP contribution in [0.4, 0.5) is 11.5 Å². The van der Waals surface area contributed by atoms with E-state index in [0.717, 1.165) is 16.8 Å². The third-order valence-corrected chi connectivity index (χ3v) is 3.07. The number of aromatic nitrogens is 1. The van der Waals surface area contributed by atoms with E-state index >= 15 is 0 Å². The number of anilines is 2. The number of nitrogens with two attached hydrogens (primary N) is 1. The Hall–Kier alpha value is -1.65. The van der Waals surface area contributed by atoms with Gasteiger partial charge in [-0.15, -0.1) is 0 Å². The molecule has 0 radical (unpaired) electrons. The second-order valence-corrected chi connectivity index (χ2v) is 4.70. The van der Waals surface area contributed by atoms with Crippen molar-refractivity contribution in [3.63, 3.8) is 0 Å². The summed E-state index contributed by atoms with van der Waals surface area (Å²) in [5.74, 6) is 0.700. The van der Waals surface area contributed by atoms with E-state index in [2.05, 4.69) is 10.3 Å². The number of thiocarbonyl (C=S) groups is 1. The molecule has 3 nitrogen and oxygen atoms in total. The van der Waals surface area contributed by atoms with Gasteiger partial charge < -0.3 is 11.1 Å². The summed E-state index contributed by atoms with van der Waals surface area (Å²) >= 11 is 11.0. The number of nitrogens with zero attached hydrogens (tertiary/aromatic N) is 1. The van der Waals surface area contributed by atoms with Crippen LogP contribution in [0.25, 0.3) is 0 Å². The number of hydrogen-bond acceptors (Lipinski definition) is 3. The van der Waals surface area contributed by atoms with Crippen LogP contribution in [-0.2, 0) is 0 Å². The second-order valence-electron chi connectivity index (χ2n) is 3.85. The van der Waals surface area contributed by atoms with Gasteiger partial charge in [-0.2, -0.15) is 0 Å². The summed E-state index contributed by atoms with van der Waals surface area (Å²) in [4.78, 5) is 4.58. The molecule has 5 heteroatoms. The molecule has 0 unspecified atom stereocenters. The highest BCUT2D eigenvalue weighted by Crippen LogP contribution is 2.27. The maximum atomic E-state index is 6.13. The van der Waals surface area contributed by atoms with Gasteiger partial charge in [0.05, 0.1) is 10.7 Å². The molecule has 0 fully saturated rings. The molecule has 1 heterocycles. The standard InChI is InChI=1S/C13H12ClN3S/c1-8-3-2-4-10(14)12(8)17-11-6-5-9(7-16-11)13(15)18/h2-7H,1H3,(H2,15,18)(H,16,17). The van der Waals surface area contributed by atoms with Gasteiger partial charge in [-0.25, -0.2) is 4.98 Å². The van der Waals surface area contributed by atoms with Crippen molar-refractivity contribution in [2.45, 2.75) is 6.92 Å². The molecule has 0 aliphatic carbocycles. The van der Waals surface area contributed by atoms with Gasteiger partial charge in [0.25, 0.3) is 0 Å². The summed E-state index contributed by atoms with van der Waals surface area (Å²) in [5.41, 5.74) is 8.17. The van der Waals surface area contributed by atoms with Gasteiger partial charge in [-0.05, 0) is 30.7 Å². The van der Waals surface area contributed by atoms with Crippen LogP contribution >= 0.6 is 23.8 Å². The fourth-order valence-corrected chi connectivity index (χ4v) is 1.92. The summed E-state index contributed by atoms with van der Waals surface area (Å²) in [6, 6.07) is 9.37. The number of pyridine rings is 1. The fourth-order valence-electron chi connectivity index (χ4n) is 1.53. The first kappa shape index (κ1) is 12.8. The zero-order chi connectivity index (χ0) is 13.1. The first-order valence-corrected chi connectivity index (χ1v) is 6.14. The molecule has 0 spiro atoms. The smallest absolute Gasteiger partial charge is 0.130 e. The Morgan fingerprint density at radius 2 is 2.11 bits per heavy atom. The van der Waals surface area contributed by atoms with Crippen LogP contribution in [0.5, 0.6) is 0 Å². The molecule has 0 atom stereocenters. The van der Waals surface area contributed by atoms with Crippen molar-refractivity contribution in [1.82, 2.24) is 4.98 Å². The van der Waals surface area contributed by atoms with Gasteiger partial charge in [0.1, 0.15) is 10.8 Å². The van der Waals surface area contributed by atoms with Crippen molar-refractivity contribution in [2.24, 2.45) is 5.73 Å². The van der Waals surface area contributed by atoms with Crippen LogP contribution in [0.3, 0.4) is 0 Å². The summed E-state index contributed by atoms with van der Waals surface area (Å²) in [6.07, 6.45) is 1.64. The van der Waals surface area contributed by atoms with E-state index in [1.165, 1.54) is 0 Å². The van der Waals surface area contributed by atoms with Crippen LogP contribution in [0.1, 0.15) is 11.1 Å². The summed E-state index contributed by atoms with van der Waals surface area (Å²) < 4.78 is 0. The third-order valence-electron chi connectivity index (χ3n) is 2.52. The van der Waals surface area contributed by atoms with Crippen molar-refractivity contribution < 1.29 is 0 Å². The first-order valence-electron chi connectivity index (χ1n) is 5.36. The lowest BCUT2D eigenvalue weighted by molar-refractivity contribution is 1.29. The predicted octanol–water partition coefficient (Wildman–Crippen LogP) is 3.42. The number of hydrogen-bond donors (Lipinski definition) is 2. The molecule has 1 aromatic carbocycles. The molecule has 2 aromatic rings. The molecule has 1 aromatic heterocycles. The summed E-state index contributed by atoms with van der Waals surface area (Å²) in [6.45, 7) is 1.98. The number of nitrogens with one attached hydrogen (secondary N) is 1. The van der Waals surface area contributed by atoms with Gasteiger partial charge in [0.15, 0.2) is 0 Å². The van der Waals surface area contributed by atoms with E-state index in [-0.39, 0.29) is 0 Å². The van der Waals surface area contributed by atoms with Crippen molar-refractivity contribution >= 4 is 40.3 Å². The molecule has 2 rings (SSSR count). The molecule has 0 aliphatic rings. The average molecular weight is 278 g/mol. The topological polar surface area (TPSA) is 50.9 Å². The van der Waals surface area contributed by atoms with Gasteiger partial charge in [-0.1, -0.05) is 36.0 Å².